The maximum atomic E-state index is 11.9. The molecule has 2 saturated heterocycles. The van der Waals surface area contributed by atoms with Gasteiger partial charge in [0.15, 0.2) is 0 Å². The van der Waals surface area contributed by atoms with Crippen molar-refractivity contribution >= 4 is 5.91 Å². The predicted molar refractivity (Wildman–Crippen MR) is 136 cm³/mol. The minimum atomic E-state index is 0.0475. The number of nitrogens with zero attached hydrogens (tertiary/aromatic N) is 4. The molecule has 1 aromatic heterocycles. The van der Waals surface area contributed by atoms with E-state index >= 15 is 0 Å². The van der Waals surface area contributed by atoms with Gasteiger partial charge in [0, 0.05) is 57.1 Å². The summed E-state index contributed by atoms with van der Waals surface area (Å²) < 4.78 is 2.62. The topological polar surface area (TPSA) is 53.4 Å². The lowest BCUT2D eigenvalue weighted by Crippen LogP contribution is -2.45. The first-order valence-corrected chi connectivity index (χ1v) is 13.3. The van der Waals surface area contributed by atoms with Gasteiger partial charge in [-0.05, 0) is 58.4 Å². The Bertz CT molecular complexity index is 986. The average molecular weight is 464 g/mol. The standard InChI is InChI=1S/C28H41N5O/c1-19(2)31-14-12-27-28(18-31)33(20(3)29-27)25-16-23-10-11-24(17-25)32(23)15-13-26(30-21(4)34)22-8-6-5-7-9-22/h5-9,19,23-26H,10-18H2,1-4H3,(H,30,34)/t23-,24+,25+,26-/m0/s1. The van der Waals surface area contributed by atoms with E-state index in [2.05, 4.69) is 64.7 Å². The van der Waals surface area contributed by atoms with Gasteiger partial charge in [0.2, 0.25) is 5.91 Å². The quantitative estimate of drug-likeness (QED) is 0.662. The number of benzene rings is 1. The third-order valence-electron chi connectivity index (χ3n) is 8.47. The molecule has 0 radical (unpaired) electrons. The summed E-state index contributed by atoms with van der Waals surface area (Å²) in [5, 5.41) is 3.19. The number of carbonyl (C=O) groups excluding carboxylic acids is 1. The van der Waals surface area contributed by atoms with Crippen LogP contribution in [0.2, 0.25) is 0 Å². The van der Waals surface area contributed by atoms with E-state index in [0.717, 1.165) is 32.5 Å². The number of aromatic nitrogens is 2. The van der Waals surface area contributed by atoms with Crippen molar-refractivity contribution in [2.75, 3.05) is 13.1 Å². The van der Waals surface area contributed by atoms with Crippen molar-refractivity contribution in [3.05, 3.63) is 53.1 Å². The number of carbonyl (C=O) groups is 1. The van der Waals surface area contributed by atoms with Crippen molar-refractivity contribution < 1.29 is 4.79 Å². The second-order valence-electron chi connectivity index (χ2n) is 10.9. The number of imidazole rings is 1. The highest BCUT2D eigenvalue weighted by molar-refractivity contribution is 5.73. The van der Waals surface area contributed by atoms with E-state index in [-0.39, 0.29) is 11.9 Å². The van der Waals surface area contributed by atoms with E-state index in [1.54, 1.807) is 6.92 Å². The van der Waals surface area contributed by atoms with E-state index in [0.29, 0.717) is 24.2 Å². The second kappa shape index (κ2) is 9.82. The Labute approximate surface area is 204 Å². The van der Waals surface area contributed by atoms with Gasteiger partial charge in [-0.1, -0.05) is 30.3 Å². The fraction of sp³-hybridized carbons (Fsp3) is 0.643. The molecule has 2 bridgehead atoms. The summed E-state index contributed by atoms with van der Waals surface area (Å²) in [5.74, 6) is 1.26. The highest BCUT2D eigenvalue weighted by atomic mass is 16.1. The Hall–Kier alpha value is -2.18. The SMILES string of the molecule is CC(=O)N[C@@H](CCN1[C@@H]2CC[C@H]1C[C@@H](n1c(C)nc3c1CN(C(C)C)CC3)C2)c1ccccc1. The fourth-order valence-electron chi connectivity index (χ4n) is 6.81. The fourth-order valence-corrected chi connectivity index (χ4v) is 6.81. The average Bonchev–Trinajstić information content (AvgIpc) is 3.27. The molecule has 184 valence electrons. The molecule has 1 aromatic carbocycles. The Morgan fingerprint density at radius 2 is 1.82 bits per heavy atom. The molecule has 1 amide bonds. The molecule has 2 fully saturated rings. The van der Waals surface area contributed by atoms with Gasteiger partial charge < -0.3 is 9.88 Å². The summed E-state index contributed by atoms with van der Waals surface area (Å²) in [6.07, 6.45) is 7.08. The van der Waals surface area contributed by atoms with E-state index in [1.165, 1.54) is 48.5 Å². The number of hydrogen-bond donors (Lipinski definition) is 1. The third-order valence-corrected chi connectivity index (χ3v) is 8.47. The molecule has 6 heteroatoms. The maximum Gasteiger partial charge on any atom is 0.217 e. The third kappa shape index (κ3) is 4.67. The Morgan fingerprint density at radius 1 is 1.12 bits per heavy atom. The van der Waals surface area contributed by atoms with E-state index in [9.17, 15) is 4.79 Å². The predicted octanol–water partition coefficient (Wildman–Crippen LogP) is 4.39. The van der Waals surface area contributed by atoms with Gasteiger partial charge in [-0.2, -0.15) is 0 Å². The van der Waals surface area contributed by atoms with Crippen molar-refractivity contribution in [3.8, 4) is 0 Å². The van der Waals surface area contributed by atoms with E-state index < -0.39 is 0 Å². The molecule has 0 unspecified atom stereocenters. The highest BCUT2D eigenvalue weighted by Crippen LogP contribution is 2.43. The van der Waals surface area contributed by atoms with Crippen LogP contribution in [0.5, 0.6) is 0 Å². The molecular weight excluding hydrogens is 422 g/mol. The van der Waals surface area contributed by atoms with E-state index in [1.807, 2.05) is 6.07 Å². The molecule has 3 aliphatic heterocycles. The first kappa shape index (κ1) is 23.6. The van der Waals surface area contributed by atoms with Crippen LogP contribution >= 0.6 is 0 Å². The number of amides is 1. The minimum absolute atomic E-state index is 0.0475. The molecule has 4 atom stereocenters. The minimum Gasteiger partial charge on any atom is -0.349 e. The molecule has 34 heavy (non-hydrogen) atoms. The zero-order valence-corrected chi connectivity index (χ0v) is 21.3. The molecule has 3 aliphatic rings. The van der Waals surface area contributed by atoms with Crippen LogP contribution in [0.3, 0.4) is 0 Å². The highest BCUT2D eigenvalue weighted by Gasteiger charge is 2.42. The van der Waals surface area contributed by atoms with Crippen LogP contribution in [0.4, 0.5) is 0 Å². The molecular formula is C28H41N5O. The molecule has 5 rings (SSSR count). The van der Waals surface area contributed by atoms with Crippen LogP contribution < -0.4 is 5.32 Å². The molecule has 0 aliphatic carbocycles. The smallest absolute Gasteiger partial charge is 0.217 e. The number of nitrogens with one attached hydrogen (secondary N) is 1. The van der Waals surface area contributed by atoms with Gasteiger partial charge in [0.25, 0.3) is 0 Å². The van der Waals surface area contributed by atoms with Gasteiger partial charge in [-0.3, -0.25) is 14.6 Å². The molecule has 6 nitrogen and oxygen atoms in total. The van der Waals surface area contributed by atoms with E-state index in [4.69, 9.17) is 4.98 Å². The number of piperidine rings is 1. The number of fused-ring (bicyclic) bond motifs is 3. The van der Waals surface area contributed by atoms with Gasteiger partial charge in [0.1, 0.15) is 5.82 Å². The first-order chi connectivity index (χ1) is 16.4. The molecule has 1 N–H and O–H groups in total. The van der Waals surface area contributed by atoms with Crippen molar-refractivity contribution in [2.45, 2.75) is 103 Å². The number of hydrogen-bond acceptors (Lipinski definition) is 4. The van der Waals surface area contributed by atoms with Crippen molar-refractivity contribution in [2.24, 2.45) is 0 Å². The van der Waals surface area contributed by atoms with Crippen LogP contribution in [-0.2, 0) is 17.8 Å². The summed E-state index contributed by atoms with van der Waals surface area (Å²) in [4.78, 5) is 22.2. The summed E-state index contributed by atoms with van der Waals surface area (Å²) >= 11 is 0. The van der Waals surface area contributed by atoms with Crippen LogP contribution in [0.1, 0.15) is 87.7 Å². The first-order valence-electron chi connectivity index (χ1n) is 13.3. The summed E-state index contributed by atoms with van der Waals surface area (Å²) in [6, 6.07) is 12.9. The summed E-state index contributed by atoms with van der Waals surface area (Å²) in [5.41, 5.74) is 4.02. The van der Waals surface area contributed by atoms with Crippen LogP contribution in [0.15, 0.2) is 30.3 Å². The monoisotopic (exact) mass is 463 g/mol. The Morgan fingerprint density at radius 3 is 2.47 bits per heavy atom. The Balaban J connectivity index is 1.28. The zero-order chi connectivity index (χ0) is 23.8. The zero-order valence-electron chi connectivity index (χ0n) is 21.3. The van der Waals surface area contributed by atoms with Crippen LogP contribution in [-0.4, -0.2) is 56.5 Å². The lowest BCUT2D eigenvalue weighted by atomic mass is 9.95. The number of rotatable bonds is 7. The summed E-state index contributed by atoms with van der Waals surface area (Å²) in [6.45, 7) is 11.7. The van der Waals surface area contributed by atoms with Crippen molar-refractivity contribution in [1.82, 2.24) is 24.7 Å². The lowest BCUT2D eigenvalue weighted by molar-refractivity contribution is -0.119. The van der Waals surface area contributed by atoms with Gasteiger partial charge in [-0.25, -0.2) is 4.98 Å². The number of aryl methyl sites for hydroxylation is 1. The second-order valence-corrected chi connectivity index (χ2v) is 10.9. The molecule has 2 aromatic rings. The largest absolute Gasteiger partial charge is 0.349 e. The molecule has 4 heterocycles. The molecule has 0 spiro atoms. The van der Waals surface area contributed by atoms with Crippen molar-refractivity contribution in [1.29, 1.82) is 0 Å². The Kier molecular flexibility index (Phi) is 6.81. The van der Waals surface area contributed by atoms with Crippen LogP contribution in [0, 0.1) is 6.92 Å². The van der Waals surface area contributed by atoms with Gasteiger partial charge in [0.05, 0.1) is 17.4 Å². The van der Waals surface area contributed by atoms with Gasteiger partial charge in [-0.15, -0.1) is 0 Å². The summed E-state index contributed by atoms with van der Waals surface area (Å²) in [7, 11) is 0. The normalized spacial score (nSPS) is 26.0. The van der Waals surface area contributed by atoms with Gasteiger partial charge >= 0.3 is 0 Å². The molecule has 0 saturated carbocycles. The van der Waals surface area contributed by atoms with Crippen LogP contribution in [0.25, 0.3) is 0 Å². The maximum absolute atomic E-state index is 11.9. The van der Waals surface area contributed by atoms with Crippen molar-refractivity contribution in [3.63, 3.8) is 0 Å². The lowest BCUT2D eigenvalue weighted by Gasteiger charge is -2.41.